The monoisotopic (exact) mass is 364 g/mol. The third-order valence-corrected chi connectivity index (χ3v) is 4.59. The highest BCUT2D eigenvalue weighted by atomic mass is 127. The van der Waals surface area contributed by atoms with Crippen LogP contribution in [0.5, 0.6) is 0 Å². The van der Waals surface area contributed by atoms with E-state index in [-0.39, 0.29) is 12.2 Å². The Morgan fingerprint density at radius 3 is 2.88 bits per heavy atom. The van der Waals surface area contributed by atoms with Crippen molar-refractivity contribution in [2.75, 3.05) is 0 Å². The van der Waals surface area contributed by atoms with E-state index in [0.29, 0.717) is 23.4 Å². The lowest BCUT2D eigenvalue weighted by molar-refractivity contribution is -0.137. The van der Waals surface area contributed by atoms with E-state index in [2.05, 4.69) is 0 Å². The molecule has 0 bridgehead atoms. The fraction of sp³-hybridized carbons (Fsp3) is 0.333. The molecule has 1 aromatic rings. The van der Waals surface area contributed by atoms with Crippen LogP contribution < -0.4 is 0 Å². The van der Waals surface area contributed by atoms with Gasteiger partial charge in [0.1, 0.15) is 0 Å². The molecule has 17 heavy (non-hydrogen) atoms. The van der Waals surface area contributed by atoms with Gasteiger partial charge in [-0.2, -0.15) is 0 Å². The van der Waals surface area contributed by atoms with Crippen LogP contribution in [0.4, 0.5) is 0 Å². The minimum Gasteiger partial charge on any atom is -0.481 e. The van der Waals surface area contributed by atoms with Crippen molar-refractivity contribution in [2.45, 2.75) is 22.7 Å². The van der Waals surface area contributed by atoms with E-state index >= 15 is 0 Å². The van der Waals surface area contributed by atoms with Gasteiger partial charge in [-0.25, -0.2) is 0 Å². The molecule has 1 aromatic carbocycles. The molecule has 0 saturated heterocycles. The SMILES string of the molecule is O=C(O)CC1(I)CCc2ccc(Cl)cc2C1=O. The van der Waals surface area contributed by atoms with Crippen molar-refractivity contribution in [3.63, 3.8) is 0 Å². The fourth-order valence-electron chi connectivity index (χ4n) is 2.07. The van der Waals surface area contributed by atoms with Crippen molar-refractivity contribution in [1.82, 2.24) is 0 Å². The van der Waals surface area contributed by atoms with Crippen LogP contribution >= 0.6 is 34.2 Å². The Labute approximate surface area is 117 Å². The van der Waals surface area contributed by atoms with Crippen molar-refractivity contribution in [3.05, 3.63) is 34.3 Å². The van der Waals surface area contributed by atoms with E-state index in [1.807, 2.05) is 28.7 Å². The van der Waals surface area contributed by atoms with Crippen molar-refractivity contribution >= 4 is 45.9 Å². The van der Waals surface area contributed by atoms with Gasteiger partial charge in [0.2, 0.25) is 0 Å². The van der Waals surface area contributed by atoms with Crippen LogP contribution in [0.15, 0.2) is 18.2 Å². The molecule has 0 aliphatic heterocycles. The summed E-state index contributed by atoms with van der Waals surface area (Å²) in [4.78, 5) is 23.1. The highest BCUT2D eigenvalue weighted by Gasteiger charge is 2.41. The van der Waals surface area contributed by atoms with Gasteiger partial charge in [-0.05, 0) is 30.5 Å². The Morgan fingerprint density at radius 1 is 1.53 bits per heavy atom. The molecule has 0 saturated carbocycles. The minimum atomic E-state index is -0.946. The van der Waals surface area contributed by atoms with Crippen LogP contribution in [-0.4, -0.2) is 20.3 Å². The second kappa shape index (κ2) is 4.57. The molecule has 5 heteroatoms. The van der Waals surface area contributed by atoms with Crippen molar-refractivity contribution in [2.24, 2.45) is 0 Å². The number of benzene rings is 1. The number of alkyl halides is 1. The molecule has 0 fully saturated rings. The van der Waals surface area contributed by atoms with Crippen LogP contribution in [0.25, 0.3) is 0 Å². The number of hydrogen-bond acceptors (Lipinski definition) is 2. The van der Waals surface area contributed by atoms with Crippen LogP contribution in [0, 0.1) is 0 Å². The van der Waals surface area contributed by atoms with Gasteiger partial charge < -0.3 is 5.11 Å². The number of ketones is 1. The van der Waals surface area contributed by atoms with Gasteiger partial charge in [-0.3, -0.25) is 9.59 Å². The molecule has 0 spiro atoms. The third-order valence-electron chi connectivity index (χ3n) is 2.95. The molecule has 0 amide bonds. The molecule has 1 unspecified atom stereocenters. The first-order chi connectivity index (χ1) is 7.92. The first-order valence-electron chi connectivity index (χ1n) is 5.16. The standard InChI is InChI=1S/C12H10ClIO3/c13-8-2-1-7-3-4-12(14,6-10(15)16)11(17)9(7)5-8/h1-2,5H,3-4,6H2,(H,15,16). The summed E-state index contributed by atoms with van der Waals surface area (Å²) in [5.41, 5.74) is 1.52. The largest absolute Gasteiger partial charge is 0.481 e. The maximum Gasteiger partial charge on any atom is 0.305 e. The van der Waals surface area contributed by atoms with E-state index in [4.69, 9.17) is 16.7 Å². The van der Waals surface area contributed by atoms with Gasteiger partial charge in [-0.1, -0.05) is 40.3 Å². The molecule has 0 radical (unpaired) electrons. The van der Waals surface area contributed by atoms with Crippen LogP contribution in [0.3, 0.4) is 0 Å². The topological polar surface area (TPSA) is 54.4 Å². The average Bonchev–Trinajstić information content (AvgIpc) is 2.24. The Hall–Kier alpha value is -0.620. The zero-order valence-electron chi connectivity index (χ0n) is 8.87. The van der Waals surface area contributed by atoms with E-state index in [9.17, 15) is 9.59 Å². The van der Waals surface area contributed by atoms with Crippen LogP contribution in [0.1, 0.15) is 28.8 Å². The number of halogens is 2. The van der Waals surface area contributed by atoms with Gasteiger partial charge in [-0.15, -0.1) is 0 Å². The number of hydrogen-bond donors (Lipinski definition) is 1. The molecule has 0 aromatic heterocycles. The predicted molar refractivity (Wildman–Crippen MR) is 73.1 cm³/mol. The molecular weight excluding hydrogens is 354 g/mol. The lowest BCUT2D eigenvalue weighted by atomic mass is 9.81. The summed E-state index contributed by atoms with van der Waals surface area (Å²) in [7, 11) is 0. The average molecular weight is 365 g/mol. The van der Waals surface area contributed by atoms with Gasteiger partial charge in [0.15, 0.2) is 5.78 Å². The first kappa shape index (κ1) is 12.8. The fourth-order valence-corrected chi connectivity index (χ4v) is 3.13. The summed E-state index contributed by atoms with van der Waals surface area (Å²) >= 11 is 7.84. The number of carbonyl (C=O) groups is 2. The molecule has 3 nitrogen and oxygen atoms in total. The Bertz CT molecular complexity index is 501. The number of aryl methyl sites for hydroxylation is 1. The normalized spacial score (nSPS) is 23.3. The van der Waals surface area contributed by atoms with E-state index < -0.39 is 9.39 Å². The van der Waals surface area contributed by atoms with Gasteiger partial charge in [0.25, 0.3) is 0 Å². The molecular formula is C12H10ClIO3. The zero-order valence-corrected chi connectivity index (χ0v) is 11.8. The van der Waals surface area contributed by atoms with Crippen molar-refractivity contribution in [3.8, 4) is 0 Å². The second-order valence-electron chi connectivity index (χ2n) is 4.17. The smallest absolute Gasteiger partial charge is 0.305 e. The summed E-state index contributed by atoms with van der Waals surface area (Å²) in [5.74, 6) is -1.07. The third kappa shape index (κ3) is 2.47. The summed E-state index contributed by atoms with van der Waals surface area (Å²) in [6, 6.07) is 5.23. The van der Waals surface area contributed by atoms with Gasteiger partial charge in [0.05, 0.1) is 9.84 Å². The second-order valence-corrected chi connectivity index (χ2v) is 6.67. The van der Waals surface area contributed by atoms with Crippen LogP contribution in [0.2, 0.25) is 5.02 Å². The first-order valence-corrected chi connectivity index (χ1v) is 6.62. The van der Waals surface area contributed by atoms with E-state index in [0.717, 1.165) is 5.56 Å². The molecule has 1 atom stereocenters. The summed E-state index contributed by atoms with van der Waals surface area (Å²) in [5, 5.41) is 9.38. The Balaban J connectivity index is 2.41. The highest BCUT2D eigenvalue weighted by molar-refractivity contribution is 14.1. The summed E-state index contributed by atoms with van der Waals surface area (Å²) in [6.45, 7) is 0. The summed E-state index contributed by atoms with van der Waals surface area (Å²) < 4.78 is -0.832. The number of carboxylic acids is 1. The number of carboxylic acid groups (broad SMARTS) is 1. The lowest BCUT2D eigenvalue weighted by Crippen LogP contribution is -2.38. The number of fused-ring (bicyclic) bond motifs is 1. The molecule has 2 rings (SSSR count). The minimum absolute atomic E-state index is 0.121. The Kier molecular flexibility index (Phi) is 3.45. The predicted octanol–water partition coefficient (Wildman–Crippen LogP) is 3.12. The molecule has 0 heterocycles. The maximum absolute atomic E-state index is 12.3. The number of Topliss-reactive ketones (excluding diaryl/α,β-unsaturated/α-hetero) is 1. The number of aliphatic carboxylic acids is 1. The molecule has 1 aliphatic rings. The number of carbonyl (C=O) groups excluding carboxylic acids is 1. The Morgan fingerprint density at radius 2 is 2.24 bits per heavy atom. The van der Waals surface area contributed by atoms with Crippen LogP contribution in [-0.2, 0) is 11.2 Å². The van der Waals surface area contributed by atoms with Gasteiger partial charge in [0, 0.05) is 10.6 Å². The van der Waals surface area contributed by atoms with E-state index in [1.165, 1.54) is 0 Å². The summed E-state index contributed by atoms with van der Waals surface area (Å²) in [6.07, 6.45) is 1.14. The van der Waals surface area contributed by atoms with E-state index in [1.54, 1.807) is 12.1 Å². The van der Waals surface area contributed by atoms with Gasteiger partial charge >= 0.3 is 5.97 Å². The maximum atomic E-state index is 12.3. The molecule has 90 valence electrons. The quantitative estimate of drug-likeness (QED) is 0.648. The molecule has 1 aliphatic carbocycles. The molecule has 1 N–H and O–H groups in total. The highest BCUT2D eigenvalue weighted by Crippen LogP contribution is 2.39. The van der Waals surface area contributed by atoms with Crippen molar-refractivity contribution in [1.29, 1.82) is 0 Å². The van der Waals surface area contributed by atoms with Crippen molar-refractivity contribution < 1.29 is 14.7 Å². The number of rotatable bonds is 2. The zero-order chi connectivity index (χ0) is 12.6. The lowest BCUT2D eigenvalue weighted by Gasteiger charge is -2.30.